The van der Waals surface area contributed by atoms with Crippen molar-refractivity contribution in [3.05, 3.63) is 242 Å². The molecule has 1 aliphatic rings. The third-order valence-corrected chi connectivity index (χ3v) is 18.0. The van der Waals surface area contributed by atoms with Gasteiger partial charge in [-0.2, -0.15) is 0 Å². The van der Waals surface area contributed by atoms with Crippen LogP contribution >= 0.6 is 0 Å². The van der Waals surface area contributed by atoms with E-state index in [1.807, 2.05) is 0 Å². The summed E-state index contributed by atoms with van der Waals surface area (Å²) in [6.07, 6.45) is 0. The van der Waals surface area contributed by atoms with Crippen molar-refractivity contribution in [3.63, 3.8) is 0 Å². The Morgan fingerprint density at radius 1 is 0.283 bits per heavy atom. The Balaban J connectivity index is 1.01. The highest BCUT2D eigenvalue weighted by Gasteiger charge is 2.44. The molecule has 60 heavy (non-hydrogen) atoms. The van der Waals surface area contributed by atoms with Crippen LogP contribution in [-0.4, -0.2) is 8.07 Å². The lowest BCUT2D eigenvalue weighted by molar-refractivity contribution is 0.661. The van der Waals surface area contributed by atoms with Crippen LogP contribution in [0.1, 0.15) is 25.0 Å². The summed E-state index contributed by atoms with van der Waals surface area (Å²) in [5, 5.41) is 10.7. The number of benzene rings is 10. The number of hydrogen-bond acceptors (Lipinski definition) is 0. The van der Waals surface area contributed by atoms with Gasteiger partial charge in [-0.3, -0.25) is 0 Å². The van der Waals surface area contributed by atoms with E-state index >= 15 is 0 Å². The van der Waals surface area contributed by atoms with E-state index in [1.165, 1.54) is 97.9 Å². The third-order valence-electron chi connectivity index (χ3n) is 13.2. The van der Waals surface area contributed by atoms with Crippen molar-refractivity contribution in [1.82, 2.24) is 0 Å². The van der Waals surface area contributed by atoms with Crippen LogP contribution in [0.3, 0.4) is 0 Å². The SMILES string of the molecule is CC1(C)c2cc(-c3ccc(-c4c5ccccc5c(-c5ccccc5)c5ccccc45)cc3)ccc2-c2ccc([Si](c3ccccc3)(c3ccccc3)c3ccccc3)cc21. The number of fused-ring (bicyclic) bond motifs is 5. The second kappa shape index (κ2) is 14.3. The fourth-order valence-electron chi connectivity index (χ4n) is 10.4. The van der Waals surface area contributed by atoms with E-state index in [4.69, 9.17) is 0 Å². The van der Waals surface area contributed by atoms with Crippen molar-refractivity contribution in [2.24, 2.45) is 0 Å². The summed E-state index contributed by atoms with van der Waals surface area (Å²) in [6.45, 7) is 4.83. The first kappa shape index (κ1) is 36.0. The molecule has 0 saturated heterocycles. The Bertz CT molecular complexity index is 3030. The van der Waals surface area contributed by atoms with Gasteiger partial charge in [0.1, 0.15) is 0 Å². The van der Waals surface area contributed by atoms with Crippen LogP contribution in [0.15, 0.2) is 231 Å². The molecular formula is C59H44Si. The average Bonchev–Trinajstić information content (AvgIpc) is 3.54. The average molecular weight is 781 g/mol. The Hall–Kier alpha value is -7.06. The number of hydrogen-bond donors (Lipinski definition) is 0. The smallest absolute Gasteiger partial charge is 0.0623 e. The van der Waals surface area contributed by atoms with Crippen molar-refractivity contribution in [2.45, 2.75) is 19.3 Å². The monoisotopic (exact) mass is 780 g/mol. The molecule has 0 nitrogen and oxygen atoms in total. The summed E-state index contributed by atoms with van der Waals surface area (Å²) in [7, 11) is -2.66. The van der Waals surface area contributed by atoms with Crippen molar-refractivity contribution in [1.29, 1.82) is 0 Å². The highest BCUT2D eigenvalue weighted by molar-refractivity contribution is 7.19. The lowest BCUT2D eigenvalue weighted by Gasteiger charge is -2.35. The lowest BCUT2D eigenvalue weighted by atomic mass is 9.81. The highest BCUT2D eigenvalue weighted by Crippen LogP contribution is 2.50. The largest absolute Gasteiger partial charge is 0.179 e. The zero-order chi connectivity index (χ0) is 40.3. The standard InChI is InChI=1S/C59H44Si/c1-59(2)55-39-44(41-31-33-43(34-32-41)58-53-29-17-15-27-51(53)57(42-19-7-3-8-20-42)52-28-16-18-30-54(52)58)35-37-49(55)50-38-36-48(40-56(50)59)60(45-21-9-4-10-22-45,46-23-11-5-12-24-46)47-25-13-6-14-26-47/h3-40H,1-2H3. The molecule has 284 valence electrons. The minimum atomic E-state index is -2.66. The molecule has 10 aromatic rings. The van der Waals surface area contributed by atoms with E-state index in [-0.39, 0.29) is 5.41 Å². The zero-order valence-electron chi connectivity index (χ0n) is 33.9. The maximum Gasteiger partial charge on any atom is 0.179 e. The maximum absolute atomic E-state index is 2.66. The summed E-state index contributed by atoms with van der Waals surface area (Å²) in [5.41, 5.74) is 12.8. The van der Waals surface area contributed by atoms with Crippen LogP contribution in [-0.2, 0) is 5.41 Å². The second-order valence-corrected chi connectivity index (χ2v) is 20.6. The molecule has 0 spiro atoms. The molecule has 0 amide bonds. The Morgan fingerprint density at radius 3 is 1.10 bits per heavy atom. The predicted octanol–water partition coefficient (Wildman–Crippen LogP) is 12.7. The fourth-order valence-corrected chi connectivity index (χ4v) is 15.2. The van der Waals surface area contributed by atoms with Crippen molar-refractivity contribution in [2.75, 3.05) is 0 Å². The molecule has 0 saturated carbocycles. The predicted molar refractivity (Wildman–Crippen MR) is 259 cm³/mol. The minimum absolute atomic E-state index is 0.181. The quantitative estimate of drug-likeness (QED) is 0.0858. The second-order valence-electron chi connectivity index (χ2n) is 16.8. The molecule has 1 heteroatoms. The van der Waals surface area contributed by atoms with E-state index in [0.29, 0.717) is 0 Å². The molecule has 11 rings (SSSR count). The van der Waals surface area contributed by atoms with E-state index in [9.17, 15) is 0 Å². The molecule has 0 unspecified atom stereocenters. The normalized spacial score (nSPS) is 13.0. The maximum atomic E-state index is 2.57. The topological polar surface area (TPSA) is 0 Å². The van der Waals surface area contributed by atoms with Crippen molar-refractivity contribution in [3.8, 4) is 44.5 Å². The van der Waals surface area contributed by atoms with E-state index in [1.54, 1.807) is 0 Å². The van der Waals surface area contributed by atoms with Gasteiger partial charge in [0.15, 0.2) is 8.07 Å². The first-order valence-corrected chi connectivity index (χ1v) is 23.1. The first-order chi connectivity index (χ1) is 29.5. The van der Waals surface area contributed by atoms with Crippen LogP contribution in [0.4, 0.5) is 0 Å². The Morgan fingerprint density at radius 2 is 0.633 bits per heavy atom. The summed E-state index contributed by atoms with van der Waals surface area (Å²) in [4.78, 5) is 0. The zero-order valence-corrected chi connectivity index (χ0v) is 34.9. The van der Waals surface area contributed by atoms with Crippen LogP contribution < -0.4 is 20.7 Å². The van der Waals surface area contributed by atoms with Gasteiger partial charge in [0, 0.05) is 5.41 Å². The molecule has 0 aliphatic heterocycles. The van der Waals surface area contributed by atoms with Gasteiger partial charge in [0.2, 0.25) is 0 Å². The van der Waals surface area contributed by atoms with E-state index in [0.717, 1.165) is 0 Å². The fraction of sp³-hybridized carbons (Fsp3) is 0.0508. The Labute approximate surface area is 354 Å². The molecule has 0 radical (unpaired) electrons. The van der Waals surface area contributed by atoms with Crippen LogP contribution in [0.25, 0.3) is 66.1 Å². The molecular weight excluding hydrogens is 737 g/mol. The van der Waals surface area contributed by atoms with Crippen molar-refractivity contribution < 1.29 is 0 Å². The molecule has 0 N–H and O–H groups in total. The minimum Gasteiger partial charge on any atom is -0.0623 e. The van der Waals surface area contributed by atoms with Crippen LogP contribution in [0.2, 0.25) is 0 Å². The summed E-state index contributed by atoms with van der Waals surface area (Å²) in [6, 6.07) is 86.2. The Kier molecular flexibility index (Phi) is 8.62. The van der Waals surface area contributed by atoms with Crippen LogP contribution in [0.5, 0.6) is 0 Å². The first-order valence-electron chi connectivity index (χ1n) is 21.1. The van der Waals surface area contributed by atoms with Gasteiger partial charge in [-0.25, -0.2) is 0 Å². The molecule has 10 aromatic carbocycles. The third kappa shape index (κ3) is 5.58. The van der Waals surface area contributed by atoms with Gasteiger partial charge < -0.3 is 0 Å². The lowest BCUT2D eigenvalue weighted by Crippen LogP contribution is -2.74. The molecule has 0 heterocycles. The summed E-state index contributed by atoms with van der Waals surface area (Å²) < 4.78 is 0. The molecule has 1 aliphatic carbocycles. The van der Waals surface area contributed by atoms with Gasteiger partial charge >= 0.3 is 0 Å². The van der Waals surface area contributed by atoms with Crippen molar-refractivity contribution >= 4 is 50.4 Å². The van der Waals surface area contributed by atoms with E-state index < -0.39 is 8.07 Å². The summed E-state index contributed by atoms with van der Waals surface area (Å²) in [5.74, 6) is 0. The summed E-state index contributed by atoms with van der Waals surface area (Å²) >= 11 is 0. The van der Waals surface area contributed by atoms with E-state index in [2.05, 4.69) is 244 Å². The number of rotatable bonds is 7. The van der Waals surface area contributed by atoms with Gasteiger partial charge in [-0.15, -0.1) is 0 Å². The van der Waals surface area contributed by atoms with Gasteiger partial charge in [-0.1, -0.05) is 238 Å². The van der Waals surface area contributed by atoms with Gasteiger partial charge in [-0.05, 0) is 104 Å². The molecule has 0 fully saturated rings. The van der Waals surface area contributed by atoms with Crippen LogP contribution in [0, 0.1) is 0 Å². The van der Waals surface area contributed by atoms with Gasteiger partial charge in [0.05, 0.1) is 0 Å². The molecule has 0 aromatic heterocycles. The highest BCUT2D eigenvalue weighted by atomic mass is 28.3. The molecule has 0 atom stereocenters. The van der Waals surface area contributed by atoms with Gasteiger partial charge in [0.25, 0.3) is 0 Å². The molecule has 0 bridgehead atoms.